The van der Waals surface area contributed by atoms with Crippen molar-refractivity contribution in [3.05, 3.63) is 29.8 Å². The van der Waals surface area contributed by atoms with Gasteiger partial charge in [-0.15, -0.1) is 0 Å². The van der Waals surface area contributed by atoms with Gasteiger partial charge >= 0.3 is 0 Å². The van der Waals surface area contributed by atoms with Gasteiger partial charge in [0, 0.05) is 6.42 Å². The number of carbonyl (C=O) groups excluding carboxylic acids is 2. The average Bonchev–Trinajstić information content (AvgIpc) is 2.46. The first kappa shape index (κ1) is 18.0. The lowest BCUT2D eigenvalue weighted by Crippen LogP contribution is -2.51. The molecular weight excluding hydrogens is 282 g/mol. The predicted octanol–water partition coefficient (Wildman–Crippen LogP) is 0.581. The maximum absolute atomic E-state index is 12.0. The number of ether oxygens (including phenoxy) is 1. The van der Waals surface area contributed by atoms with Crippen molar-refractivity contribution >= 4 is 11.8 Å². The summed E-state index contributed by atoms with van der Waals surface area (Å²) in [6.07, 6.45) is 0.874. The fourth-order valence-electron chi connectivity index (χ4n) is 2.11. The fourth-order valence-corrected chi connectivity index (χ4v) is 2.11. The second kappa shape index (κ2) is 8.38. The minimum absolute atomic E-state index is 0.300. The molecule has 2 amide bonds. The number of amides is 2. The summed E-state index contributed by atoms with van der Waals surface area (Å²) in [7, 11) is 1.58. The number of nitrogens with two attached hydrogens (primary N) is 2. The molecule has 1 aromatic rings. The van der Waals surface area contributed by atoms with E-state index in [0.717, 1.165) is 11.3 Å². The van der Waals surface area contributed by atoms with Gasteiger partial charge < -0.3 is 21.5 Å². The van der Waals surface area contributed by atoms with Gasteiger partial charge in [0.25, 0.3) is 0 Å². The van der Waals surface area contributed by atoms with Gasteiger partial charge in [-0.3, -0.25) is 9.59 Å². The van der Waals surface area contributed by atoms with Crippen LogP contribution in [-0.4, -0.2) is 31.0 Å². The summed E-state index contributed by atoms with van der Waals surface area (Å²) in [4.78, 5) is 23.6. The molecule has 0 aliphatic rings. The van der Waals surface area contributed by atoms with Crippen molar-refractivity contribution in [2.24, 2.45) is 17.4 Å². The van der Waals surface area contributed by atoms with Crippen molar-refractivity contribution in [1.29, 1.82) is 0 Å². The number of hydrogen-bond donors (Lipinski definition) is 3. The van der Waals surface area contributed by atoms with E-state index in [1.807, 2.05) is 26.0 Å². The van der Waals surface area contributed by atoms with Gasteiger partial charge in [0.05, 0.1) is 13.2 Å². The largest absolute Gasteiger partial charge is 0.497 e. The molecule has 0 saturated carbocycles. The number of primary amides is 1. The van der Waals surface area contributed by atoms with Crippen LogP contribution in [0.4, 0.5) is 0 Å². The number of rotatable bonds is 8. The molecule has 122 valence electrons. The maximum atomic E-state index is 12.0. The van der Waals surface area contributed by atoms with Crippen molar-refractivity contribution in [3.63, 3.8) is 0 Å². The van der Waals surface area contributed by atoms with Crippen LogP contribution in [0, 0.1) is 5.92 Å². The predicted molar refractivity (Wildman–Crippen MR) is 85.3 cm³/mol. The first-order valence-electron chi connectivity index (χ1n) is 7.31. The number of methoxy groups -OCH3 is 1. The molecule has 0 heterocycles. The maximum Gasteiger partial charge on any atom is 0.240 e. The Kier molecular flexibility index (Phi) is 6.85. The van der Waals surface area contributed by atoms with Gasteiger partial charge in [0.1, 0.15) is 11.8 Å². The Hall–Kier alpha value is -2.08. The molecule has 22 heavy (non-hydrogen) atoms. The van der Waals surface area contributed by atoms with E-state index in [9.17, 15) is 9.59 Å². The summed E-state index contributed by atoms with van der Waals surface area (Å²) >= 11 is 0. The molecule has 1 rings (SSSR count). The molecule has 6 nitrogen and oxygen atoms in total. The lowest BCUT2D eigenvalue weighted by Gasteiger charge is -2.19. The molecule has 2 atom stereocenters. The molecule has 6 heteroatoms. The third kappa shape index (κ3) is 5.73. The highest BCUT2D eigenvalue weighted by molar-refractivity contribution is 5.89. The molecule has 5 N–H and O–H groups in total. The van der Waals surface area contributed by atoms with Crippen LogP contribution in [0.2, 0.25) is 0 Å². The van der Waals surface area contributed by atoms with Crippen LogP contribution in [0.15, 0.2) is 24.3 Å². The first-order chi connectivity index (χ1) is 10.3. The van der Waals surface area contributed by atoms with Crippen molar-refractivity contribution < 1.29 is 14.3 Å². The van der Waals surface area contributed by atoms with Crippen LogP contribution in [0.3, 0.4) is 0 Å². The van der Waals surface area contributed by atoms with Crippen LogP contribution in [0.1, 0.15) is 25.8 Å². The lowest BCUT2D eigenvalue weighted by atomic mass is 10.0. The minimum atomic E-state index is -0.779. The van der Waals surface area contributed by atoms with Gasteiger partial charge in [0.15, 0.2) is 0 Å². The third-order valence-electron chi connectivity index (χ3n) is 3.32. The Balaban J connectivity index is 2.68. The van der Waals surface area contributed by atoms with E-state index < -0.39 is 18.0 Å². The van der Waals surface area contributed by atoms with Crippen LogP contribution >= 0.6 is 0 Å². The Morgan fingerprint density at radius 2 is 1.82 bits per heavy atom. The molecule has 0 aliphatic heterocycles. The average molecular weight is 307 g/mol. The van der Waals surface area contributed by atoms with Crippen molar-refractivity contribution in [2.75, 3.05) is 7.11 Å². The summed E-state index contributed by atoms with van der Waals surface area (Å²) in [5, 5.41) is 2.63. The van der Waals surface area contributed by atoms with Crippen LogP contribution in [0.5, 0.6) is 5.75 Å². The lowest BCUT2D eigenvalue weighted by molar-refractivity contribution is -0.128. The van der Waals surface area contributed by atoms with Crippen LogP contribution < -0.4 is 21.5 Å². The van der Waals surface area contributed by atoms with E-state index in [-0.39, 0.29) is 5.91 Å². The SMILES string of the molecule is COc1ccc(CC(NC(=O)C(N)CC(C)C)C(N)=O)cc1. The van der Waals surface area contributed by atoms with Crippen molar-refractivity contribution in [3.8, 4) is 5.75 Å². The monoisotopic (exact) mass is 307 g/mol. The molecule has 0 bridgehead atoms. The molecule has 0 saturated heterocycles. The topological polar surface area (TPSA) is 107 Å². The highest BCUT2D eigenvalue weighted by Crippen LogP contribution is 2.13. The Labute approximate surface area is 131 Å². The third-order valence-corrected chi connectivity index (χ3v) is 3.32. The second-order valence-electron chi connectivity index (χ2n) is 5.75. The highest BCUT2D eigenvalue weighted by atomic mass is 16.5. The number of benzene rings is 1. The minimum Gasteiger partial charge on any atom is -0.497 e. The van der Waals surface area contributed by atoms with E-state index in [0.29, 0.717) is 18.8 Å². The zero-order chi connectivity index (χ0) is 16.7. The van der Waals surface area contributed by atoms with Crippen LogP contribution in [0.25, 0.3) is 0 Å². The smallest absolute Gasteiger partial charge is 0.240 e. The Morgan fingerprint density at radius 3 is 2.27 bits per heavy atom. The standard InChI is InChI=1S/C16H25N3O3/c1-10(2)8-13(17)16(21)19-14(15(18)20)9-11-4-6-12(22-3)7-5-11/h4-7,10,13-14H,8-9,17H2,1-3H3,(H2,18,20)(H,19,21). The molecule has 0 aliphatic carbocycles. The molecule has 0 aromatic heterocycles. The second-order valence-corrected chi connectivity index (χ2v) is 5.75. The molecular formula is C16H25N3O3. The van der Waals surface area contributed by atoms with E-state index >= 15 is 0 Å². The molecule has 0 spiro atoms. The van der Waals surface area contributed by atoms with Gasteiger partial charge in [-0.1, -0.05) is 26.0 Å². The Bertz CT molecular complexity index is 500. The number of hydrogen-bond acceptors (Lipinski definition) is 4. The molecule has 0 fully saturated rings. The quantitative estimate of drug-likeness (QED) is 0.653. The number of carbonyl (C=O) groups is 2. The summed E-state index contributed by atoms with van der Waals surface area (Å²) < 4.78 is 5.08. The molecule has 2 unspecified atom stereocenters. The van der Waals surface area contributed by atoms with Gasteiger partial charge in [-0.05, 0) is 30.0 Å². The van der Waals surface area contributed by atoms with Gasteiger partial charge in [-0.25, -0.2) is 0 Å². The summed E-state index contributed by atoms with van der Waals surface area (Å²) in [5.74, 6) is 0.0867. The Morgan fingerprint density at radius 1 is 1.23 bits per heavy atom. The van der Waals surface area contributed by atoms with E-state index in [1.165, 1.54) is 0 Å². The molecule has 1 aromatic carbocycles. The van der Waals surface area contributed by atoms with Crippen LogP contribution in [-0.2, 0) is 16.0 Å². The zero-order valence-corrected chi connectivity index (χ0v) is 13.3. The van der Waals surface area contributed by atoms with Crippen molar-refractivity contribution in [2.45, 2.75) is 38.8 Å². The summed E-state index contributed by atoms with van der Waals surface area (Å²) in [5.41, 5.74) is 12.1. The molecule has 0 radical (unpaired) electrons. The summed E-state index contributed by atoms with van der Waals surface area (Å²) in [6.45, 7) is 3.96. The highest BCUT2D eigenvalue weighted by Gasteiger charge is 2.22. The van der Waals surface area contributed by atoms with E-state index in [1.54, 1.807) is 19.2 Å². The fraction of sp³-hybridized carbons (Fsp3) is 0.500. The van der Waals surface area contributed by atoms with E-state index in [2.05, 4.69) is 5.32 Å². The zero-order valence-electron chi connectivity index (χ0n) is 13.3. The van der Waals surface area contributed by atoms with Gasteiger partial charge in [-0.2, -0.15) is 0 Å². The van der Waals surface area contributed by atoms with Gasteiger partial charge in [0.2, 0.25) is 11.8 Å². The van der Waals surface area contributed by atoms with Crippen molar-refractivity contribution in [1.82, 2.24) is 5.32 Å². The first-order valence-corrected chi connectivity index (χ1v) is 7.31. The number of nitrogens with one attached hydrogen (secondary N) is 1. The normalized spacial score (nSPS) is 13.5. The summed E-state index contributed by atoms with van der Waals surface area (Å²) in [6, 6.07) is 5.82. The van der Waals surface area contributed by atoms with E-state index in [4.69, 9.17) is 16.2 Å².